The van der Waals surface area contributed by atoms with Crippen molar-refractivity contribution in [3.8, 4) is 5.75 Å². The van der Waals surface area contributed by atoms with Gasteiger partial charge in [-0.1, -0.05) is 12.1 Å². The van der Waals surface area contributed by atoms with Crippen LogP contribution >= 0.6 is 0 Å². The van der Waals surface area contributed by atoms with Crippen LogP contribution in [0.1, 0.15) is 31.7 Å². The molecular formula is C13H15F3O2. The molecule has 1 rings (SSSR count). The van der Waals surface area contributed by atoms with Crippen molar-refractivity contribution < 1.29 is 22.7 Å². The number of benzene rings is 1. The Hall–Kier alpha value is -1.52. The summed E-state index contributed by atoms with van der Waals surface area (Å²) in [7, 11) is 0. The minimum atomic E-state index is -4.41. The van der Waals surface area contributed by atoms with Crippen LogP contribution in [0.2, 0.25) is 0 Å². The number of Topliss-reactive ketones (excluding diaryl/α,β-unsaturated/α-hetero) is 1. The van der Waals surface area contributed by atoms with Crippen molar-refractivity contribution in [3.63, 3.8) is 0 Å². The summed E-state index contributed by atoms with van der Waals surface area (Å²) in [5, 5.41) is 0. The summed E-state index contributed by atoms with van der Waals surface area (Å²) in [5.74, 6) is -0.0847. The van der Waals surface area contributed by atoms with Crippen LogP contribution < -0.4 is 4.74 Å². The molecule has 2 nitrogen and oxygen atoms in total. The van der Waals surface area contributed by atoms with Gasteiger partial charge in [0.2, 0.25) is 0 Å². The zero-order valence-electron chi connectivity index (χ0n) is 10.1. The third kappa shape index (κ3) is 4.77. The van der Waals surface area contributed by atoms with Crippen LogP contribution in [0.25, 0.3) is 0 Å². The van der Waals surface area contributed by atoms with Crippen molar-refractivity contribution in [3.05, 3.63) is 29.8 Å². The second kappa shape index (κ2) is 6.42. The van der Waals surface area contributed by atoms with Gasteiger partial charge in [-0.2, -0.15) is 13.2 Å². The minimum absolute atomic E-state index is 0.0747. The molecule has 0 radical (unpaired) electrons. The molecule has 1 aromatic rings. The first-order valence-electron chi connectivity index (χ1n) is 5.69. The molecule has 5 heteroatoms. The Labute approximate surface area is 104 Å². The zero-order valence-corrected chi connectivity index (χ0v) is 10.1. The molecule has 0 aliphatic carbocycles. The molecule has 0 unspecified atom stereocenters. The first-order chi connectivity index (χ1) is 8.41. The molecule has 0 bridgehead atoms. The van der Waals surface area contributed by atoms with Crippen molar-refractivity contribution in [1.82, 2.24) is 0 Å². The highest BCUT2D eigenvalue weighted by atomic mass is 19.4. The molecule has 0 fully saturated rings. The molecule has 0 amide bonds. The number of ether oxygens (including phenoxy) is 1. The van der Waals surface area contributed by atoms with Gasteiger partial charge in [-0.15, -0.1) is 0 Å². The molecular weight excluding hydrogens is 245 g/mol. The fourth-order valence-electron chi connectivity index (χ4n) is 1.48. The Morgan fingerprint density at radius 3 is 2.50 bits per heavy atom. The maximum atomic E-state index is 12.6. The van der Waals surface area contributed by atoms with Crippen molar-refractivity contribution in [2.75, 3.05) is 6.61 Å². The van der Waals surface area contributed by atoms with Gasteiger partial charge in [-0.25, -0.2) is 0 Å². The molecule has 0 atom stereocenters. The number of alkyl halides is 3. The van der Waals surface area contributed by atoms with E-state index in [2.05, 4.69) is 0 Å². The van der Waals surface area contributed by atoms with Gasteiger partial charge >= 0.3 is 6.18 Å². The average Bonchev–Trinajstić information content (AvgIpc) is 2.27. The predicted molar refractivity (Wildman–Crippen MR) is 61.5 cm³/mol. The number of hydrogen-bond acceptors (Lipinski definition) is 2. The average molecular weight is 260 g/mol. The van der Waals surface area contributed by atoms with Gasteiger partial charge in [0.15, 0.2) is 0 Å². The largest absolute Gasteiger partial charge is 0.493 e. The molecule has 100 valence electrons. The van der Waals surface area contributed by atoms with E-state index < -0.39 is 11.7 Å². The van der Waals surface area contributed by atoms with Crippen molar-refractivity contribution in [2.45, 2.75) is 32.4 Å². The second-order valence-electron chi connectivity index (χ2n) is 4.00. The van der Waals surface area contributed by atoms with Crippen LogP contribution in [0.3, 0.4) is 0 Å². The van der Waals surface area contributed by atoms with Crippen LogP contribution in [-0.4, -0.2) is 12.4 Å². The maximum absolute atomic E-state index is 12.6. The van der Waals surface area contributed by atoms with E-state index in [1.54, 1.807) is 0 Å². The lowest BCUT2D eigenvalue weighted by molar-refractivity contribution is -0.139. The van der Waals surface area contributed by atoms with Crippen LogP contribution in [-0.2, 0) is 11.0 Å². The Morgan fingerprint density at radius 2 is 1.89 bits per heavy atom. The van der Waals surface area contributed by atoms with E-state index in [9.17, 15) is 18.0 Å². The smallest absolute Gasteiger partial charge is 0.419 e. The summed E-state index contributed by atoms with van der Waals surface area (Å²) in [6.07, 6.45) is -2.78. The fraction of sp³-hybridized carbons (Fsp3) is 0.462. The molecule has 0 aliphatic heterocycles. The molecule has 1 aromatic carbocycles. The zero-order chi connectivity index (χ0) is 13.6. The van der Waals surface area contributed by atoms with E-state index in [4.69, 9.17) is 4.74 Å². The Bertz CT molecular complexity index is 399. The highest BCUT2D eigenvalue weighted by Gasteiger charge is 2.33. The lowest BCUT2D eigenvalue weighted by Crippen LogP contribution is -2.09. The first kappa shape index (κ1) is 14.5. The van der Waals surface area contributed by atoms with Crippen LogP contribution in [0.4, 0.5) is 13.2 Å². The van der Waals surface area contributed by atoms with E-state index in [0.29, 0.717) is 19.3 Å². The predicted octanol–water partition coefficient (Wildman–Crippen LogP) is 3.84. The molecule has 18 heavy (non-hydrogen) atoms. The van der Waals surface area contributed by atoms with Crippen molar-refractivity contribution in [2.24, 2.45) is 0 Å². The van der Waals surface area contributed by atoms with Gasteiger partial charge in [0.25, 0.3) is 0 Å². The molecule has 0 heterocycles. The van der Waals surface area contributed by atoms with E-state index in [0.717, 1.165) is 6.07 Å². The highest BCUT2D eigenvalue weighted by Crippen LogP contribution is 2.35. The van der Waals surface area contributed by atoms with Crippen LogP contribution in [0.15, 0.2) is 24.3 Å². The second-order valence-corrected chi connectivity index (χ2v) is 4.00. The van der Waals surface area contributed by atoms with Crippen LogP contribution in [0.5, 0.6) is 5.75 Å². The molecule has 0 aliphatic rings. The monoisotopic (exact) mass is 260 g/mol. The van der Waals surface area contributed by atoms with Gasteiger partial charge in [-0.3, -0.25) is 0 Å². The summed E-state index contributed by atoms with van der Waals surface area (Å²) < 4.78 is 42.9. The number of para-hydroxylation sites is 1. The van der Waals surface area contributed by atoms with Crippen molar-refractivity contribution in [1.29, 1.82) is 0 Å². The Balaban J connectivity index is 2.50. The van der Waals surface area contributed by atoms with Gasteiger partial charge in [0.1, 0.15) is 11.5 Å². The summed E-state index contributed by atoms with van der Waals surface area (Å²) in [5.41, 5.74) is -0.767. The summed E-state index contributed by atoms with van der Waals surface area (Å²) in [4.78, 5) is 10.7. The molecule has 0 saturated carbocycles. The first-order valence-corrected chi connectivity index (χ1v) is 5.69. The normalized spacial score (nSPS) is 11.3. The minimum Gasteiger partial charge on any atom is -0.493 e. The summed E-state index contributed by atoms with van der Waals surface area (Å²) in [6, 6.07) is 5.12. The van der Waals surface area contributed by atoms with Gasteiger partial charge < -0.3 is 9.53 Å². The third-order valence-electron chi connectivity index (χ3n) is 2.37. The van der Waals surface area contributed by atoms with Crippen molar-refractivity contribution >= 4 is 5.78 Å². The quantitative estimate of drug-likeness (QED) is 0.726. The molecule has 0 spiro atoms. The van der Waals surface area contributed by atoms with E-state index in [1.165, 1.54) is 25.1 Å². The fourth-order valence-corrected chi connectivity index (χ4v) is 1.48. The SMILES string of the molecule is CC(=O)CCCCOc1ccccc1C(F)(F)F. The summed E-state index contributed by atoms with van der Waals surface area (Å²) >= 11 is 0. The number of unbranched alkanes of at least 4 members (excludes halogenated alkanes) is 1. The third-order valence-corrected chi connectivity index (χ3v) is 2.37. The Kier molecular flexibility index (Phi) is 5.19. The topological polar surface area (TPSA) is 26.3 Å². The molecule has 0 N–H and O–H groups in total. The number of carbonyl (C=O) groups excluding carboxylic acids is 1. The number of ketones is 1. The molecule has 0 aromatic heterocycles. The number of hydrogen-bond donors (Lipinski definition) is 0. The number of rotatable bonds is 6. The van der Waals surface area contributed by atoms with Gasteiger partial charge in [-0.05, 0) is 31.9 Å². The van der Waals surface area contributed by atoms with Crippen LogP contribution in [0, 0.1) is 0 Å². The standard InChI is InChI=1S/C13H15F3O2/c1-10(17)6-4-5-9-18-12-8-3-2-7-11(12)13(14,15)16/h2-3,7-8H,4-6,9H2,1H3. The van der Waals surface area contributed by atoms with Gasteiger partial charge in [0.05, 0.1) is 12.2 Å². The summed E-state index contributed by atoms with van der Waals surface area (Å²) in [6.45, 7) is 1.67. The van der Waals surface area contributed by atoms with E-state index in [-0.39, 0.29) is 18.1 Å². The lowest BCUT2D eigenvalue weighted by Gasteiger charge is -2.13. The highest BCUT2D eigenvalue weighted by molar-refractivity contribution is 5.75. The lowest BCUT2D eigenvalue weighted by atomic mass is 10.2. The van der Waals surface area contributed by atoms with E-state index in [1.807, 2.05) is 0 Å². The molecule has 0 saturated heterocycles. The van der Waals surface area contributed by atoms with E-state index >= 15 is 0 Å². The number of halogens is 3. The van der Waals surface area contributed by atoms with Gasteiger partial charge in [0, 0.05) is 6.42 Å². The number of carbonyl (C=O) groups is 1. The maximum Gasteiger partial charge on any atom is 0.419 e. The Morgan fingerprint density at radius 1 is 1.22 bits per heavy atom.